The van der Waals surface area contributed by atoms with Gasteiger partial charge in [-0.1, -0.05) is 0 Å². The van der Waals surface area contributed by atoms with Crippen molar-refractivity contribution in [3.63, 3.8) is 0 Å². The lowest BCUT2D eigenvalue weighted by molar-refractivity contribution is 0.0937. The maximum absolute atomic E-state index is 12.8. The number of carbonyl (C=O) groups excluding carboxylic acids is 1. The molecule has 5 nitrogen and oxygen atoms in total. The van der Waals surface area contributed by atoms with Crippen LogP contribution >= 0.6 is 0 Å². The molecule has 2 N–H and O–H groups in total. The third-order valence-electron chi connectivity index (χ3n) is 2.78. The number of aromatic hydroxyl groups is 1. The summed E-state index contributed by atoms with van der Waals surface area (Å²) < 4.78 is 14.5. The number of carbonyl (C=O) groups is 1. The summed E-state index contributed by atoms with van der Waals surface area (Å²) in [4.78, 5) is 11.9. The van der Waals surface area contributed by atoms with Crippen LogP contribution in [0.3, 0.4) is 0 Å². The van der Waals surface area contributed by atoms with Gasteiger partial charge in [-0.05, 0) is 19.1 Å². The first-order valence-electron chi connectivity index (χ1n) is 5.75. The molecule has 1 aromatic carbocycles. The summed E-state index contributed by atoms with van der Waals surface area (Å²) in [6.07, 6.45) is 3.44. The molecule has 0 unspecified atom stereocenters. The maximum Gasteiger partial charge on any atom is 0.255 e. The van der Waals surface area contributed by atoms with Crippen molar-refractivity contribution >= 4 is 5.91 Å². The number of phenols is 1. The van der Waals surface area contributed by atoms with Crippen LogP contribution in [0.4, 0.5) is 4.39 Å². The molecule has 0 fully saturated rings. The largest absolute Gasteiger partial charge is 0.507 e. The molecule has 0 saturated heterocycles. The van der Waals surface area contributed by atoms with E-state index in [2.05, 4.69) is 10.4 Å². The summed E-state index contributed by atoms with van der Waals surface area (Å²) in [6, 6.07) is 3.02. The van der Waals surface area contributed by atoms with Crippen LogP contribution in [0, 0.1) is 5.82 Å². The molecule has 0 radical (unpaired) electrons. The topological polar surface area (TPSA) is 67.2 Å². The molecule has 2 aromatic rings. The minimum absolute atomic E-state index is 0.0390. The van der Waals surface area contributed by atoms with E-state index in [0.717, 1.165) is 17.7 Å². The Kier molecular flexibility index (Phi) is 3.50. The number of aromatic nitrogens is 2. The molecule has 1 atom stereocenters. The summed E-state index contributed by atoms with van der Waals surface area (Å²) in [6.45, 7) is 1.80. The van der Waals surface area contributed by atoms with Gasteiger partial charge in [0.1, 0.15) is 11.6 Å². The summed E-state index contributed by atoms with van der Waals surface area (Å²) in [5.74, 6) is -1.43. The first-order valence-corrected chi connectivity index (χ1v) is 5.75. The third-order valence-corrected chi connectivity index (χ3v) is 2.78. The molecule has 1 heterocycles. The Morgan fingerprint density at radius 1 is 1.53 bits per heavy atom. The van der Waals surface area contributed by atoms with E-state index in [4.69, 9.17) is 0 Å². The molecule has 19 heavy (non-hydrogen) atoms. The standard InChI is InChI=1S/C13H14FN3O2/c1-8(9-6-15-17(2)7-9)16-13(19)11-4-3-10(14)5-12(11)18/h3-8,18H,1-2H3,(H,16,19)/t8-/m0/s1. The van der Waals surface area contributed by atoms with Gasteiger partial charge in [-0.15, -0.1) is 0 Å². The Balaban J connectivity index is 2.12. The minimum Gasteiger partial charge on any atom is -0.507 e. The smallest absolute Gasteiger partial charge is 0.255 e. The second-order valence-electron chi connectivity index (χ2n) is 4.30. The van der Waals surface area contributed by atoms with Crippen molar-refractivity contribution in [2.24, 2.45) is 7.05 Å². The van der Waals surface area contributed by atoms with Crippen LogP contribution in [0.2, 0.25) is 0 Å². The normalized spacial score (nSPS) is 12.2. The molecule has 0 aliphatic rings. The van der Waals surface area contributed by atoms with Crippen molar-refractivity contribution in [3.8, 4) is 5.75 Å². The highest BCUT2D eigenvalue weighted by molar-refractivity contribution is 5.96. The van der Waals surface area contributed by atoms with Crippen LogP contribution in [0.1, 0.15) is 28.9 Å². The minimum atomic E-state index is -0.589. The van der Waals surface area contributed by atoms with E-state index in [-0.39, 0.29) is 17.4 Å². The van der Waals surface area contributed by atoms with Crippen LogP contribution < -0.4 is 5.32 Å². The summed E-state index contributed by atoms with van der Waals surface area (Å²) in [7, 11) is 1.78. The monoisotopic (exact) mass is 263 g/mol. The SMILES string of the molecule is C[C@H](NC(=O)c1ccc(F)cc1O)c1cnn(C)c1. The van der Waals surface area contributed by atoms with Gasteiger partial charge in [-0.2, -0.15) is 5.10 Å². The fraction of sp³-hybridized carbons (Fsp3) is 0.231. The molecule has 0 bridgehead atoms. The number of amides is 1. The quantitative estimate of drug-likeness (QED) is 0.886. The molecular formula is C13H14FN3O2. The lowest BCUT2D eigenvalue weighted by Gasteiger charge is -2.12. The van der Waals surface area contributed by atoms with E-state index in [0.29, 0.717) is 0 Å². The summed E-state index contributed by atoms with van der Waals surface area (Å²) in [5, 5.41) is 16.3. The molecule has 0 aliphatic carbocycles. The fourth-order valence-corrected chi connectivity index (χ4v) is 1.72. The molecule has 1 amide bonds. The number of aryl methyl sites for hydroxylation is 1. The third kappa shape index (κ3) is 2.90. The Morgan fingerprint density at radius 2 is 2.26 bits per heavy atom. The summed E-state index contributed by atoms with van der Waals surface area (Å²) in [5.41, 5.74) is 0.884. The number of hydrogen-bond acceptors (Lipinski definition) is 3. The lowest BCUT2D eigenvalue weighted by atomic mass is 10.1. The average Bonchev–Trinajstić information content (AvgIpc) is 2.75. The van der Waals surface area contributed by atoms with Crippen LogP contribution in [0.25, 0.3) is 0 Å². The van der Waals surface area contributed by atoms with Gasteiger partial charge in [0.15, 0.2) is 0 Å². The van der Waals surface area contributed by atoms with Crippen molar-refractivity contribution in [2.75, 3.05) is 0 Å². The van der Waals surface area contributed by atoms with Gasteiger partial charge in [0, 0.05) is 24.9 Å². The average molecular weight is 263 g/mol. The predicted octanol–water partition coefficient (Wildman–Crippen LogP) is 1.76. The van der Waals surface area contributed by atoms with E-state index < -0.39 is 11.7 Å². The Morgan fingerprint density at radius 3 is 2.84 bits per heavy atom. The van der Waals surface area contributed by atoms with Crippen molar-refractivity contribution in [1.82, 2.24) is 15.1 Å². The Bertz CT molecular complexity index is 610. The highest BCUT2D eigenvalue weighted by Crippen LogP contribution is 2.19. The zero-order valence-electron chi connectivity index (χ0n) is 10.6. The Labute approximate surface area is 109 Å². The number of nitrogens with one attached hydrogen (secondary N) is 1. The van der Waals surface area contributed by atoms with Gasteiger partial charge in [0.05, 0.1) is 17.8 Å². The van der Waals surface area contributed by atoms with Crippen molar-refractivity contribution in [1.29, 1.82) is 0 Å². The van der Waals surface area contributed by atoms with Gasteiger partial charge in [-0.25, -0.2) is 4.39 Å². The fourth-order valence-electron chi connectivity index (χ4n) is 1.72. The van der Waals surface area contributed by atoms with Gasteiger partial charge >= 0.3 is 0 Å². The van der Waals surface area contributed by atoms with Gasteiger partial charge in [-0.3, -0.25) is 9.48 Å². The number of benzene rings is 1. The van der Waals surface area contributed by atoms with E-state index in [1.165, 1.54) is 6.07 Å². The lowest BCUT2D eigenvalue weighted by Crippen LogP contribution is -2.26. The highest BCUT2D eigenvalue weighted by atomic mass is 19.1. The number of halogens is 1. The zero-order chi connectivity index (χ0) is 14.0. The first kappa shape index (κ1) is 13.1. The molecule has 6 heteroatoms. The number of rotatable bonds is 3. The number of phenolic OH excluding ortho intramolecular Hbond substituents is 1. The van der Waals surface area contributed by atoms with Crippen LogP contribution in [-0.2, 0) is 7.05 Å². The highest BCUT2D eigenvalue weighted by Gasteiger charge is 2.16. The number of hydrogen-bond donors (Lipinski definition) is 2. The zero-order valence-corrected chi connectivity index (χ0v) is 10.6. The van der Waals surface area contributed by atoms with Gasteiger partial charge in [0.2, 0.25) is 0 Å². The van der Waals surface area contributed by atoms with Crippen molar-refractivity contribution in [2.45, 2.75) is 13.0 Å². The van der Waals surface area contributed by atoms with Crippen LogP contribution in [0.5, 0.6) is 5.75 Å². The summed E-state index contributed by atoms with van der Waals surface area (Å²) >= 11 is 0. The first-order chi connectivity index (χ1) is 8.97. The molecule has 0 spiro atoms. The number of nitrogens with zero attached hydrogens (tertiary/aromatic N) is 2. The van der Waals surface area contributed by atoms with Crippen molar-refractivity contribution in [3.05, 3.63) is 47.5 Å². The van der Waals surface area contributed by atoms with Crippen molar-refractivity contribution < 1.29 is 14.3 Å². The molecule has 1 aromatic heterocycles. The van der Waals surface area contributed by atoms with Crippen LogP contribution in [-0.4, -0.2) is 20.8 Å². The van der Waals surface area contributed by atoms with E-state index >= 15 is 0 Å². The maximum atomic E-state index is 12.8. The molecule has 2 rings (SSSR count). The Hall–Kier alpha value is -2.37. The molecule has 0 aliphatic heterocycles. The van der Waals surface area contributed by atoms with Gasteiger partial charge in [0.25, 0.3) is 5.91 Å². The van der Waals surface area contributed by atoms with Crippen LogP contribution in [0.15, 0.2) is 30.6 Å². The second-order valence-corrected chi connectivity index (χ2v) is 4.30. The van der Waals surface area contributed by atoms with E-state index in [9.17, 15) is 14.3 Å². The molecular weight excluding hydrogens is 249 g/mol. The van der Waals surface area contributed by atoms with Gasteiger partial charge < -0.3 is 10.4 Å². The van der Waals surface area contributed by atoms with E-state index in [1.807, 2.05) is 0 Å². The molecule has 100 valence electrons. The predicted molar refractivity (Wildman–Crippen MR) is 67.2 cm³/mol. The van der Waals surface area contributed by atoms with E-state index in [1.54, 1.807) is 31.0 Å². The molecule has 0 saturated carbocycles. The second kappa shape index (κ2) is 5.09.